The summed E-state index contributed by atoms with van der Waals surface area (Å²) < 4.78 is 10.4. The SMILES string of the molecule is COc1ccc(N)c(NCCN2CCC(NC(=O)OC(C)(C)C)CC2)n1. The highest BCUT2D eigenvalue weighted by molar-refractivity contribution is 5.68. The maximum atomic E-state index is 11.8. The summed E-state index contributed by atoms with van der Waals surface area (Å²) in [6.07, 6.45) is 1.50. The van der Waals surface area contributed by atoms with E-state index in [1.165, 1.54) is 0 Å². The van der Waals surface area contributed by atoms with Gasteiger partial charge in [-0.3, -0.25) is 0 Å². The fourth-order valence-corrected chi connectivity index (χ4v) is 2.81. The summed E-state index contributed by atoms with van der Waals surface area (Å²) in [7, 11) is 1.58. The van der Waals surface area contributed by atoms with Crippen LogP contribution in [0, 0.1) is 0 Å². The Kier molecular flexibility index (Phi) is 6.90. The van der Waals surface area contributed by atoms with Gasteiger partial charge < -0.3 is 30.7 Å². The summed E-state index contributed by atoms with van der Waals surface area (Å²) in [5.74, 6) is 1.18. The van der Waals surface area contributed by atoms with E-state index in [1.807, 2.05) is 20.8 Å². The standard InChI is InChI=1S/C18H31N5O3/c1-18(2,3)26-17(24)21-13-7-10-23(11-8-13)12-9-20-16-14(19)5-6-15(22-16)25-4/h5-6,13H,7-12,19H2,1-4H3,(H,20,22)(H,21,24). The third-order valence-corrected chi connectivity index (χ3v) is 4.14. The highest BCUT2D eigenvalue weighted by atomic mass is 16.6. The molecule has 0 aliphatic carbocycles. The number of pyridine rings is 1. The molecule has 1 aromatic rings. The van der Waals surface area contributed by atoms with Gasteiger partial charge in [-0.15, -0.1) is 0 Å². The van der Waals surface area contributed by atoms with Gasteiger partial charge >= 0.3 is 6.09 Å². The predicted octanol–water partition coefficient (Wildman–Crippen LogP) is 2.07. The summed E-state index contributed by atoms with van der Waals surface area (Å²) >= 11 is 0. The molecule has 0 aromatic carbocycles. The number of nitrogens with two attached hydrogens (primary N) is 1. The van der Waals surface area contributed by atoms with Crippen LogP contribution < -0.4 is 21.1 Å². The molecule has 1 saturated heterocycles. The molecule has 0 unspecified atom stereocenters. The molecule has 1 aliphatic heterocycles. The summed E-state index contributed by atoms with van der Waals surface area (Å²) in [6.45, 7) is 9.10. The number of hydrogen-bond acceptors (Lipinski definition) is 7. The van der Waals surface area contributed by atoms with Crippen molar-refractivity contribution in [3.8, 4) is 5.88 Å². The maximum Gasteiger partial charge on any atom is 0.407 e. The number of amides is 1. The number of rotatable bonds is 6. The first-order valence-corrected chi connectivity index (χ1v) is 9.03. The fourth-order valence-electron chi connectivity index (χ4n) is 2.81. The number of carbonyl (C=O) groups excluding carboxylic acids is 1. The first kappa shape index (κ1) is 20.1. The van der Waals surface area contributed by atoms with Gasteiger partial charge in [-0.05, 0) is 39.7 Å². The lowest BCUT2D eigenvalue weighted by atomic mass is 10.1. The number of anilines is 2. The average Bonchev–Trinajstić information content (AvgIpc) is 2.56. The number of methoxy groups -OCH3 is 1. The number of nitrogen functional groups attached to an aromatic ring is 1. The van der Waals surface area contributed by atoms with Crippen LogP contribution in [0.5, 0.6) is 5.88 Å². The van der Waals surface area contributed by atoms with E-state index in [0.29, 0.717) is 17.4 Å². The minimum Gasteiger partial charge on any atom is -0.481 e. The minimum atomic E-state index is -0.466. The van der Waals surface area contributed by atoms with Crippen LogP contribution in [0.15, 0.2) is 12.1 Å². The normalized spacial score (nSPS) is 16.2. The Hall–Kier alpha value is -2.22. The fraction of sp³-hybridized carbons (Fsp3) is 0.667. The van der Waals surface area contributed by atoms with Crippen molar-refractivity contribution in [3.05, 3.63) is 12.1 Å². The van der Waals surface area contributed by atoms with Crippen molar-refractivity contribution in [1.29, 1.82) is 0 Å². The third-order valence-electron chi connectivity index (χ3n) is 4.14. The lowest BCUT2D eigenvalue weighted by Crippen LogP contribution is -2.46. The van der Waals surface area contributed by atoms with Crippen molar-refractivity contribution in [2.24, 2.45) is 0 Å². The Morgan fingerprint density at radius 2 is 2.04 bits per heavy atom. The second kappa shape index (κ2) is 8.93. The second-order valence-electron chi connectivity index (χ2n) is 7.48. The van der Waals surface area contributed by atoms with Gasteiger partial charge in [-0.25, -0.2) is 4.79 Å². The van der Waals surface area contributed by atoms with Crippen molar-refractivity contribution in [2.45, 2.75) is 45.3 Å². The highest BCUT2D eigenvalue weighted by Crippen LogP contribution is 2.19. The minimum absolute atomic E-state index is 0.171. The van der Waals surface area contributed by atoms with Crippen molar-refractivity contribution >= 4 is 17.6 Å². The van der Waals surface area contributed by atoms with E-state index in [0.717, 1.165) is 39.0 Å². The number of hydrogen-bond donors (Lipinski definition) is 3. The van der Waals surface area contributed by atoms with Gasteiger partial charge in [-0.1, -0.05) is 0 Å². The summed E-state index contributed by atoms with van der Waals surface area (Å²) in [5, 5.41) is 6.21. The molecule has 8 heteroatoms. The molecule has 1 amide bonds. The van der Waals surface area contributed by atoms with Gasteiger partial charge in [0.2, 0.25) is 5.88 Å². The summed E-state index contributed by atoms with van der Waals surface area (Å²) in [5.41, 5.74) is 6.06. The molecular weight excluding hydrogens is 334 g/mol. The maximum absolute atomic E-state index is 11.8. The molecule has 4 N–H and O–H groups in total. The molecule has 1 aromatic heterocycles. The average molecular weight is 365 g/mol. The van der Waals surface area contributed by atoms with Crippen molar-refractivity contribution in [2.75, 3.05) is 44.3 Å². The molecule has 1 fully saturated rings. The van der Waals surface area contributed by atoms with Gasteiger partial charge in [0.1, 0.15) is 5.60 Å². The Morgan fingerprint density at radius 3 is 2.65 bits per heavy atom. The third kappa shape index (κ3) is 6.59. The van der Waals surface area contributed by atoms with Crippen molar-refractivity contribution < 1.29 is 14.3 Å². The van der Waals surface area contributed by atoms with Crippen LogP contribution in [0.2, 0.25) is 0 Å². The van der Waals surface area contributed by atoms with Crippen LogP contribution in [-0.2, 0) is 4.74 Å². The molecule has 0 saturated carbocycles. The van der Waals surface area contributed by atoms with Crippen LogP contribution in [0.1, 0.15) is 33.6 Å². The molecule has 0 spiro atoms. The Morgan fingerprint density at radius 1 is 1.35 bits per heavy atom. The van der Waals surface area contributed by atoms with Gasteiger partial charge in [0, 0.05) is 38.3 Å². The van der Waals surface area contributed by atoms with E-state index < -0.39 is 5.60 Å². The first-order valence-electron chi connectivity index (χ1n) is 9.03. The highest BCUT2D eigenvalue weighted by Gasteiger charge is 2.23. The quantitative estimate of drug-likeness (QED) is 0.709. The van der Waals surface area contributed by atoms with Gasteiger partial charge in [0.05, 0.1) is 12.8 Å². The molecule has 2 rings (SSSR count). The molecule has 26 heavy (non-hydrogen) atoms. The Bertz CT molecular complexity index is 595. The van der Waals surface area contributed by atoms with E-state index in [1.54, 1.807) is 19.2 Å². The topological polar surface area (TPSA) is 102 Å². The van der Waals surface area contributed by atoms with Crippen LogP contribution in [0.3, 0.4) is 0 Å². The molecule has 0 bridgehead atoms. The van der Waals surface area contributed by atoms with Gasteiger partial charge in [0.25, 0.3) is 0 Å². The predicted molar refractivity (Wildman–Crippen MR) is 103 cm³/mol. The lowest BCUT2D eigenvalue weighted by Gasteiger charge is -2.32. The Balaban J connectivity index is 1.68. The number of aromatic nitrogens is 1. The van der Waals surface area contributed by atoms with E-state index in [4.69, 9.17) is 15.2 Å². The molecule has 0 atom stereocenters. The molecule has 2 heterocycles. The molecule has 146 valence electrons. The number of ether oxygens (including phenoxy) is 2. The van der Waals surface area contributed by atoms with E-state index >= 15 is 0 Å². The van der Waals surface area contributed by atoms with Crippen LogP contribution in [-0.4, -0.2) is 60.9 Å². The van der Waals surface area contributed by atoms with E-state index in [-0.39, 0.29) is 12.1 Å². The molecular formula is C18H31N5O3. The Labute approximate surface area is 155 Å². The van der Waals surface area contributed by atoms with Crippen LogP contribution >= 0.6 is 0 Å². The monoisotopic (exact) mass is 365 g/mol. The number of carbonyl (C=O) groups is 1. The molecule has 1 aliphatic rings. The zero-order chi connectivity index (χ0) is 19.2. The second-order valence-corrected chi connectivity index (χ2v) is 7.48. The summed E-state index contributed by atoms with van der Waals surface area (Å²) in [6, 6.07) is 3.69. The number of likely N-dealkylation sites (tertiary alicyclic amines) is 1. The lowest BCUT2D eigenvalue weighted by molar-refractivity contribution is 0.0480. The number of alkyl carbamates (subject to hydrolysis) is 1. The zero-order valence-electron chi connectivity index (χ0n) is 16.2. The number of nitrogens with zero attached hydrogens (tertiary/aromatic N) is 2. The molecule has 8 nitrogen and oxygen atoms in total. The summed E-state index contributed by atoms with van der Waals surface area (Å²) in [4.78, 5) is 18.5. The smallest absolute Gasteiger partial charge is 0.407 e. The molecule has 0 radical (unpaired) electrons. The zero-order valence-corrected chi connectivity index (χ0v) is 16.2. The van der Waals surface area contributed by atoms with E-state index in [9.17, 15) is 4.79 Å². The van der Waals surface area contributed by atoms with Crippen molar-refractivity contribution in [3.63, 3.8) is 0 Å². The van der Waals surface area contributed by atoms with Crippen molar-refractivity contribution in [1.82, 2.24) is 15.2 Å². The largest absolute Gasteiger partial charge is 0.481 e. The van der Waals surface area contributed by atoms with E-state index in [2.05, 4.69) is 20.5 Å². The van der Waals surface area contributed by atoms with Crippen LogP contribution in [0.25, 0.3) is 0 Å². The van der Waals surface area contributed by atoms with Gasteiger partial charge in [-0.2, -0.15) is 4.98 Å². The first-order chi connectivity index (χ1) is 12.3. The van der Waals surface area contributed by atoms with Gasteiger partial charge in [0.15, 0.2) is 5.82 Å². The van der Waals surface area contributed by atoms with Crippen LogP contribution in [0.4, 0.5) is 16.3 Å². The number of nitrogens with one attached hydrogen (secondary N) is 2. The number of piperidine rings is 1.